The highest BCUT2D eigenvalue weighted by molar-refractivity contribution is 6.05. The highest BCUT2D eigenvalue weighted by Crippen LogP contribution is 2.33. The topological polar surface area (TPSA) is 45.5 Å². The lowest BCUT2D eigenvalue weighted by Crippen LogP contribution is -2.35. The summed E-state index contributed by atoms with van der Waals surface area (Å²) >= 11 is 0. The monoisotopic (exact) mass is 256 g/mol. The predicted molar refractivity (Wildman–Crippen MR) is 74.7 cm³/mol. The average Bonchev–Trinajstić information content (AvgIpc) is 2.99. The van der Waals surface area contributed by atoms with Crippen molar-refractivity contribution in [1.29, 1.82) is 0 Å². The first-order chi connectivity index (χ1) is 9.31. The Hall–Kier alpha value is -2.23. The van der Waals surface area contributed by atoms with Crippen LogP contribution in [0.2, 0.25) is 0 Å². The molecule has 4 nitrogen and oxygen atoms in total. The second-order valence-electron chi connectivity index (χ2n) is 4.59. The highest BCUT2D eigenvalue weighted by atomic mass is 16.3. The van der Waals surface area contributed by atoms with Crippen LogP contribution in [0.5, 0.6) is 0 Å². The summed E-state index contributed by atoms with van der Waals surface area (Å²) < 4.78 is 5.21. The van der Waals surface area contributed by atoms with Gasteiger partial charge in [-0.3, -0.25) is 4.79 Å². The molecule has 0 saturated heterocycles. The van der Waals surface area contributed by atoms with E-state index in [1.807, 2.05) is 25.2 Å². The Balaban J connectivity index is 2.01. The van der Waals surface area contributed by atoms with Crippen LogP contribution in [0.3, 0.4) is 0 Å². The second-order valence-corrected chi connectivity index (χ2v) is 4.59. The number of nitrogens with one attached hydrogen (secondary N) is 1. The van der Waals surface area contributed by atoms with Gasteiger partial charge in [0.25, 0.3) is 5.91 Å². The predicted octanol–water partition coefficient (Wildman–Crippen LogP) is 2.91. The van der Waals surface area contributed by atoms with Gasteiger partial charge in [0, 0.05) is 25.0 Å². The summed E-state index contributed by atoms with van der Waals surface area (Å²) in [5.41, 5.74) is 3.28. The maximum Gasteiger partial charge on any atom is 0.293 e. The Kier molecular flexibility index (Phi) is 2.99. The standard InChI is InChI=1S/C15H16N2O2/c1-16-12-6-2-7-13-11(12)5-3-9-17(13)15(18)14-8-4-10-19-14/h2,4,6-8,10,16H,3,5,9H2,1H3. The van der Waals surface area contributed by atoms with E-state index in [1.54, 1.807) is 17.0 Å². The van der Waals surface area contributed by atoms with E-state index in [9.17, 15) is 4.79 Å². The maximum absolute atomic E-state index is 12.4. The zero-order valence-corrected chi connectivity index (χ0v) is 10.8. The Morgan fingerprint density at radius 1 is 1.32 bits per heavy atom. The number of fused-ring (bicyclic) bond motifs is 1. The van der Waals surface area contributed by atoms with Gasteiger partial charge in [0.15, 0.2) is 5.76 Å². The van der Waals surface area contributed by atoms with Crippen molar-refractivity contribution in [2.75, 3.05) is 23.8 Å². The van der Waals surface area contributed by atoms with Crippen LogP contribution in [0.4, 0.5) is 11.4 Å². The smallest absolute Gasteiger partial charge is 0.293 e. The van der Waals surface area contributed by atoms with Crippen molar-refractivity contribution < 1.29 is 9.21 Å². The van der Waals surface area contributed by atoms with Crippen LogP contribution in [-0.4, -0.2) is 19.5 Å². The number of hydrogen-bond acceptors (Lipinski definition) is 3. The fourth-order valence-corrected chi connectivity index (χ4v) is 2.60. The van der Waals surface area contributed by atoms with Crippen LogP contribution < -0.4 is 10.2 Å². The van der Waals surface area contributed by atoms with Gasteiger partial charge in [0.1, 0.15) is 0 Å². The summed E-state index contributed by atoms with van der Waals surface area (Å²) in [6, 6.07) is 9.45. The molecule has 2 aromatic rings. The van der Waals surface area contributed by atoms with E-state index in [0.29, 0.717) is 5.76 Å². The first-order valence-corrected chi connectivity index (χ1v) is 6.46. The molecule has 19 heavy (non-hydrogen) atoms. The van der Waals surface area contributed by atoms with E-state index in [-0.39, 0.29) is 5.91 Å². The number of carbonyl (C=O) groups is 1. The van der Waals surface area contributed by atoms with Crippen LogP contribution >= 0.6 is 0 Å². The Morgan fingerprint density at radius 2 is 2.21 bits per heavy atom. The molecule has 1 N–H and O–H groups in total. The molecule has 0 unspecified atom stereocenters. The fourth-order valence-electron chi connectivity index (χ4n) is 2.60. The third-order valence-electron chi connectivity index (χ3n) is 3.50. The lowest BCUT2D eigenvalue weighted by molar-refractivity contribution is 0.0958. The molecule has 98 valence electrons. The number of nitrogens with zero attached hydrogens (tertiary/aromatic N) is 1. The quantitative estimate of drug-likeness (QED) is 0.898. The van der Waals surface area contributed by atoms with Gasteiger partial charge in [-0.1, -0.05) is 6.07 Å². The third kappa shape index (κ3) is 1.99. The summed E-state index contributed by atoms with van der Waals surface area (Å²) in [6.45, 7) is 0.736. The normalized spacial score (nSPS) is 14.1. The molecule has 0 aliphatic carbocycles. The zero-order valence-electron chi connectivity index (χ0n) is 10.8. The first kappa shape index (κ1) is 11.8. The second kappa shape index (κ2) is 4.80. The van der Waals surface area contributed by atoms with Crippen LogP contribution in [0.1, 0.15) is 22.5 Å². The summed E-state index contributed by atoms with van der Waals surface area (Å²) in [4.78, 5) is 14.2. The van der Waals surface area contributed by atoms with Gasteiger partial charge >= 0.3 is 0 Å². The molecular formula is C15H16N2O2. The Bertz CT molecular complexity index is 590. The molecule has 0 spiro atoms. The number of furan rings is 1. The summed E-state index contributed by atoms with van der Waals surface area (Å²) in [5.74, 6) is 0.321. The molecule has 1 aromatic carbocycles. The van der Waals surface area contributed by atoms with Crippen molar-refractivity contribution in [2.24, 2.45) is 0 Å². The number of anilines is 2. The van der Waals surface area contributed by atoms with E-state index in [0.717, 1.165) is 30.8 Å². The molecule has 3 rings (SSSR count). The highest BCUT2D eigenvalue weighted by Gasteiger charge is 2.26. The van der Waals surface area contributed by atoms with Crippen molar-refractivity contribution in [2.45, 2.75) is 12.8 Å². The van der Waals surface area contributed by atoms with Crippen LogP contribution in [0.15, 0.2) is 41.0 Å². The van der Waals surface area contributed by atoms with Crippen LogP contribution in [0.25, 0.3) is 0 Å². The Labute approximate surface area is 112 Å². The minimum Gasteiger partial charge on any atom is -0.459 e. The maximum atomic E-state index is 12.4. The minimum absolute atomic E-state index is 0.0702. The fraction of sp³-hybridized carbons (Fsp3) is 0.267. The number of amides is 1. The molecule has 1 aromatic heterocycles. The van der Waals surface area contributed by atoms with E-state index >= 15 is 0 Å². The lowest BCUT2D eigenvalue weighted by Gasteiger charge is -2.30. The van der Waals surface area contributed by atoms with E-state index in [1.165, 1.54) is 11.8 Å². The average molecular weight is 256 g/mol. The van der Waals surface area contributed by atoms with E-state index in [4.69, 9.17) is 4.42 Å². The number of benzene rings is 1. The summed E-state index contributed by atoms with van der Waals surface area (Å²) in [5, 5.41) is 3.19. The van der Waals surface area contributed by atoms with Gasteiger partial charge in [0.2, 0.25) is 0 Å². The zero-order chi connectivity index (χ0) is 13.2. The molecule has 0 atom stereocenters. The van der Waals surface area contributed by atoms with E-state index < -0.39 is 0 Å². The van der Waals surface area contributed by atoms with Gasteiger partial charge in [-0.15, -0.1) is 0 Å². The number of rotatable bonds is 2. The molecule has 0 fully saturated rings. The first-order valence-electron chi connectivity index (χ1n) is 6.46. The van der Waals surface area contributed by atoms with Crippen LogP contribution in [-0.2, 0) is 6.42 Å². The minimum atomic E-state index is -0.0702. The third-order valence-corrected chi connectivity index (χ3v) is 3.50. The van der Waals surface area contributed by atoms with Gasteiger partial charge in [-0.05, 0) is 42.7 Å². The van der Waals surface area contributed by atoms with Crippen molar-refractivity contribution in [1.82, 2.24) is 0 Å². The van der Waals surface area contributed by atoms with Gasteiger partial charge < -0.3 is 14.6 Å². The molecule has 1 aliphatic heterocycles. The SMILES string of the molecule is CNc1cccc2c1CCCN2C(=O)c1ccco1. The number of carbonyl (C=O) groups excluding carboxylic acids is 1. The molecule has 2 heterocycles. The van der Waals surface area contributed by atoms with Crippen LogP contribution in [0, 0.1) is 0 Å². The van der Waals surface area contributed by atoms with Gasteiger partial charge in [0.05, 0.1) is 6.26 Å². The molecule has 0 radical (unpaired) electrons. The van der Waals surface area contributed by atoms with Gasteiger partial charge in [-0.25, -0.2) is 0 Å². The van der Waals surface area contributed by atoms with Gasteiger partial charge in [-0.2, -0.15) is 0 Å². The molecule has 4 heteroatoms. The molecule has 0 saturated carbocycles. The van der Waals surface area contributed by atoms with E-state index in [2.05, 4.69) is 5.32 Å². The van der Waals surface area contributed by atoms with Crippen molar-refractivity contribution in [3.63, 3.8) is 0 Å². The molecule has 0 bridgehead atoms. The molecular weight excluding hydrogens is 240 g/mol. The van der Waals surface area contributed by atoms with Crippen molar-refractivity contribution in [3.05, 3.63) is 47.9 Å². The van der Waals surface area contributed by atoms with Crippen molar-refractivity contribution >= 4 is 17.3 Å². The summed E-state index contributed by atoms with van der Waals surface area (Å²) in [7, 11) is 1.91. The lowest BCUT2D eigenvalue weighted by atomic mass is 9.99. The molecule has 1 aliphatic rings. The molecule has 1 amide bonds. The number of hydrogen-bond donors (Lipinski definition) is 1. The Morgan fingerprint density at radius 3 is 2.95 bits per heavy atom. The van der Waals surface area contributed by atoms with Crippen molar-refractivity contribution in [3.8, 4) is 0 Å². The largest absolute Gasteiger partial charge is 0.459 e. The summed E-state index contributed by atoms with van der Waals surface area (Å²) in [6.07, 6.45) is 3.49.